The minimum Gasteiger partial charge on any atom is -0.508 e. The number of hydrogen-bond donors (Lipinski definition) is 2. The number of ether oxygens (including phenoxy) is 1. The van der Waals surface area contributed by atoms with E-state index in [1.807, 2.05) is 13.8 Å². The first-order chi connectivity index (χ1) is 7.43. The summed E-state index contributed by atoms with van der Waals surface area (Å²) in [6, 6.07) is 2.64. The Morgan fingerprint density at radius 1 is 1.44 bits per heavy atom. The van der Waals surface area contributed by atoms with Crippen LogP contribution in [0.3, 0.4) is 0 Å². The Morgan fingerprint density at radius 2 is 2.12 bits per heavy atom. The van der Waals surface area contributed by atoms with Crippen LogP contribution < -0.4 is 4.74 Å². The lowest BCUT2D eigenvalue weighted by Gasteiger charge is -2.35. The lowest BCUT2D eigenvalue weighted by atomic mass is 9.85. The summed E-state index contributed by atoms with van der Waals surface area (Å²) in [6.07, 6.45) is 1.32. The quantitative estimate of drug-likeness (QED) is 0.712. The van der Waals surface area contributed by atoms with E-state index in [0.717, 1.165) is 6.29 Å². The molecule has 0 spiro atoms. The second-order valence-electron chi connectivity index (χ2n) is 4.69. The first-order valence-corrected chi connectivity index (χ1v) is 5.13. The van der Waals surface area contributed by atoms with Crippen LogP contribution in [0.4, 0.5) is 0 Å². The molecular formula is C12H14O4. The third kappa shape index (κ3) is 1.71. The number of aromatic hydroxyl groups is 2. The predicted octanol–water partition coefficient (Wildman–Crippen LogP) is 1.94. The summed E-state index contributed by atoms with van der Waals surface area (Å²) in [5, 5.41) is 19.1. The average Bonchev–Trinajstić information content (AvgIpc) is 2.13. The van der Waals surface area contributed by atoms with Crippen molar-refractivity contribution in [2.45, 2.75) is 31.8 Å². The maximum absolute atomic E-state index is 11.0. The Bertz CT molecular complexity index is 437. The highest BCUT2D eigenvalue weighted by Crippen LogP contribution is 2.45. The third-order valence-electron chi connectivity index (χ3n) is 2.74. The zero-order valence-corrected chi connectivity index (χ0v) is 9.23. The topological polar surface area (TPSA) is 66.8 Å². The van der Waals surface area contributed by atoms with Gasteiger partial charge in [-0.15, -0.1) is 0 Å². The maximum Gasteiger partial charge on any atom is 0.131 e. The number of fused-ring (bicyclic) bond motifs is 1. The monoisotopic (exact) mass is 222 g/mol. The van der Waals surface area contributed by atoms with Crippen molar-refractivity contribution >= 4 is 6.29 Å². The number of hydrogen-bond acceptors (Lipinski definition) is 4. The summed E-state index contributed by atoms with van der Waals surface area (Å²) < 4.78 is 5.63. The molecule has 1 aliphatic heterocycles. The molecule has 0 amide bonds. The summed E-state index contributed by atoms with van der Waals surface area (Å²) in [5.74, 6) is -0.175. The van der Waals surface area contributed by atoms with Crippen molar-refractivity contribution in [3.8, 4) is 17.2 Å². The highest BCUT2D eigenvalue weighted by molar-refractivity contribution is 5.69. The second-order valence-corrected chi connectivity index (χ2v) is 4.69. The summed E-state index contributed by atoms with van der Waals surface area (Å²) >= 11 is 0. The molecule has 86 valence electrons. The van der Waals surface area contributed by atoms with Crippen LogP contribution in [0.1, 0.15) is 31.7 Å². The summed E-state index contributed by atoms with van der Waals surface area (Å²) in [6.45, 7) is 3.74. The van der Waals surface area contributed by atoms with Crippen molar-refractivity contribution in [2.24, 2.45) is 0 Å². The van der Waals surface area contributed by atoms with Crippen molar-refractivity contribution < 1.29 is 19.7 Å². The Hall–Kier alpha value is -1.71. The van der Waals surface area contributed by atoms with Crippen LogP contribution in [0.15, 0.2) is 12.1 Å². The van der Waals surface area contributed by atoms with E-state index in [1.165, 1.54) is 12.1 Å². The Balaban J connectivity index is 2.58. The standard InChI is InChI=1S/C12H14O4/c1-12(2)5-7(6-13)11-9(15)3-8(14)4-10(11)16-12/h3-4,6-7,14-15H,5H2,1-2H3. The molecule has 4 nitrogen and oxygen atoms in total. The van der Waals surface area contributed by atoms with E-state index in [4.69, 9.17) is 4.74 Å². The van der Waals surface area contributed by atoms with Gasteiger partial charge in [0.2, 0.25) is 0 Å². The predicted molar refractivity (Wildman–Crippen MR) is 57.9 cm³/mol. The van der Waals surface area contributed by atoms with Crippen LogP contribution in [-0.2, 0) is 4.79 Å². The van der Waals surface area contributed by atoms with E-state index >= 15 is 0 Å². The van der Waals surface area contributed by atoms with Crippen LogP contribution >= 0.6 is 0 Å². The lowest BCUT2D eigenvalue weighted by Crippen LogP contribution is -2.35. The van der Waals surface area contributed by atoms with Gasteiger partial charge in [-0.05, 0) is 13.8 Å². The second kappa shape index (κ2) is 3.40. The zero-order valence-electron chi connectivity index (χ0n) is 9.23. The molecule has 0 saturated carbocycles. The molecule has 1 aromatic rings. The van der Waals surface area contributed by atoms with Gasteiger partial charge in [0.15, 0.2) is 0 Å². The smallest absolute Gasteiger partial charge is 0.131 e. The first kappa shape index (κ1) is 10.8. The zero-order chi connectivity index (χ0) is 11.9. The fraction of sp³-hybridized carbons (Fsp3) is 0.417. The summed E-state index contributed by atoms with van der Waals surface area (Å²) in [7, 11) is 0. The van der Waals surface area contributed by atoms with Gasteiger partial charge in [-0.3, -0.25) is 0 Å². The molecule has 0 radical (unpaired) electrons. The fourth-order valence-electron chi connectivity index (χ4n) is 2.14. The van der Waals surface area contributed by atoms with Gasteiger partial charge < -0.3 is 19.7 Å². The Labute approximate surface area is 93.5 Å². The number of rotatable bonds is 1. The average molecular weight is 222 g/mol. The van der Waals surface area contributed by atoms with E-state index in [0.29, 0.717) is 17.7 Å². The van der Waals surface area contributed by atoms with E-state index in [2.05, 4.69) is 0 Å². The molecule has 0 saturated heterocycles. The Kier molecular flexibility index (Phi) is 2.30. The van der Waals surface area contributed by atoms with Crippen LogP contribution in [0, 0.1) is 0 Å². The molecule has 4 heteroatoms. The molecule has 0 aliphatic carbocycles. The van der Waals surface area contributed by atoms with E-state index in [1.54, 1.807) is 0 Å². The molecule has 2 rings (SSSR count). The molecule has 1 atom stereocenters. The first-order valence-electron chi connectivity index (χ1n) is 5.13. The van der Waals surface area contributed by atoms with Gasteiger partial charge in [-0.25, -0.2) is 0 Å². The molecule has 16 heavy (non-hydrogen) atoms. The molecule has 1 aliphatic rings. The summed E-state index contributed by atoms with van der Waals surface area (Å²) in [5.41, 5.74) is -0.00847. The SMILES string of the molecule is CC1(C)CC(C=O)c2c(O)cc(O)cc2O1. The molecule has 1 unspecified atom stereocenters. The van der Waals surface area contributed by atoms with E-state index < -0.39 is 5.60 Å². The highest BCUT2D eigenvalue weighted by Gasteiger charge is 2.35. The van der Waals surface area contributed by atoms with E-state index in [9.17, 15) is 15.0 Å². The Morgan fingerprint density at radius 3 is 2.75 bits per heavy atom. The molecule has 1 aromatic carbocycles. The molecule has 0 bridgehead atoms. The summed E-state index contributed by atoms with van der Waals surface area (Å²) in [4.78, 5) is 11.0. The van der Waals surface area contributed by atoms with Crippen molar-refractivity contribution in [1.82, 2.24) is 0 Å². The van der Waals surface area contributed by atoms with Gasteiger partial charge >= 0.3 is 0 Å². The van der Waals surface area contributed by atoms with Crippen molar-refractivity contribution in [3.05, 3.63) is 17.7 Å². The van der Waals surface area contributed by atoms with E-state index in [-0.39, 0.29) is 17.4 Å². The van der Waals surface area contributed by atoms with Gasteiger partial charge in [0.1, 0.15) is 29.1 Å². The van der Waals surface area contributed by atoms with Crippen molar-refractivity contribution in [3.63, 3.8) is 0 Å². The minimum absolute atomic E-state index is 0.0707. The lowest BCUT2D eigenvalue weighted by molar-refractivity contribution is -0.110. The normalized spacial score (nSPS) is 22.0. The highest BCUT2D eigenvalue weighted by atomic mass is 16.5. The van der Waals surface area contributed by atoms with Crippen LogP contribution in [0.2, 0.25) is 0 Å². The molecule has 0 fully saturated rings. The van der Waals surface area contributed by atoms with Crippen LogP contribution in [0.5, 0.6) is 17.2 Å². The van der Waals surface area contributed by atoms with Gasteiger partial charge in [-0.2, -0.15) is 0 Å². The largest absolute Gasteiger partial charge is 0.508 e. The maximum atomic E-state index is 11.0. The number of carbonyl (C=O) groups is 1. The third-order valence-corrected chi connectivity index (χ3v) is 2.74. The molecule has 1 heterocycles. The van der Waals surface area contributed by atoms with Gasteiger partial charge in [-0.1, -0.05) is 0 Å². The van der Waals surface area contributed by atoms with Gasteiger partial charge in [0.05, 0.1) is 5.92 Å². The van der Waals surface area contributed by atoms with Crippen molar-refractivity contribution in [2.75, 3.05) is 0 Å². The fourth-order valence-corrected chi connectivity index (χ4v) is 2.14. The number of phenolic OH excluding ortho intramolecular Hbond substituents is 2. The van der Waals surface area contributed by atoms with Crippen LogP contribution in [0.25, 0.3) is 0 Å². The molecule has 0 aromatic heterocycles. The number of phenols is 2. The van der Waals surface area contributed by atoms with Crippen molar-refractivity contribution in [1.29, 1.82) is 0 Å². The number of benzene rings is 1. The molecular weight excluding hydrogens is 208 g/mol. The molecule has 2 N–H and O–H groups in total. The minimum atomic E-state index is -0.473. The van der Waals surface area contributed by atoms with Gasteiger partial charge in [0, 0.05) is 24.1 Å². The number of aldehydes is 1. The number of carbonyl (C=O) groups excluding carboxylic acids is 1. The van der Waals surface area contributed by atoms with Gasteiger partial charge in [0.25, 0.3) is 0 Å². The van der Waals surface area contributed by atoms with Crippen LogP contribution in [-0.4, -0.2) is 22.1 Å².